The number of nitrogens with zero attached hydrogens (tertiary/aromatic N) is 8. The summed E-state index contributed by atoms with van der Waals surface area (Å²) in [5, 5.41) is 6.25. The zero-order valence-electron chi connectivity index (χ0n) is 24.3. The molecule has 10 atom stereocenters. The fraction of sp³-hybridized carbons (Fsp3) is 0.500. The van der Waals surface area contributed by atoms with Crippen molar-refractivity contribution in [2.75, 3.05) is 36.9 Å². The lowest BCUT2D eigenvalue weighted by atomic mass is 10.1. The Bertz CT molecular complexity index is 1850. The average Bonchev–Trinajstić information content (AvgIpc) is 3.81. The molecule has 4 unspecified atom stereocenters. The van der Waals surface area contributed by atoms with E-state index in [1.807, 2.05) is 12.2 Å². The van der Waals surface area contributed by atoms with Gasteiger partial charge >= 0.3 is 14.5 Å². The number of phosphoric acid groups is 1. The monoisotopic (exact) mass is 730 g/mol. The Hall–Kier alpha value is -3.14. The first-order valence-electron chi connectivity index (χ1n) is 14.5. The quantitative estimate of drug-likeness (QED) is 0.149. The highest BCUT2D eigenvalue weighted by molar-refractivity contribution is 8.07. The summed E-state index contributed by atoms with van der Waals surface area (Å²) in [6.07, 6.45) is -4.66. The predicted molar refractivity (Wildman–Crippen MR) is 162 cm³/mol. The van der Waals surface area contributed by atoms with Gasteiger partial charge in [0.2, 0.25) is 0 Å². The number of imidazole rings is 2. The van der Waals surface area contributed by atoms with E-state index < -0.39 is 77.0 Å². The van der Waals surface area contributed by atoms with Crippen molar-refractivity contribution in [3.05, 3.63) is 37.5 Å². The van der Waals surface area contributed by atoms with E-state index in [2.05, 4.69) is 40.5 Å². The Kier molecular flexibility index (Phi) is 8.24. The molecule has 48 heavy (non-hydrogen) atoms. The van der Waals surface area contributed by atoms with Gasteiger partial charge in [-0.2, -0.15) is 0 Å². The molecular formula is C24H26F2N10O9P2S. The molecule has 0 aromatic carbocycles. The van der Waals surface area contributed by atoms with Crippen LogP contribution in [0.15, 0.2) is 37.5 Å². The molecule has 0 aliphatic carbocycles. The summed E-state index contributed by atoms with van der Waals surface area (Å²) in [6, 6.07) is 0. The molecule has 0 radical (unpaired) electrons. The number of anilines is 2. The number of phosphoric ester groups is 1. The van der Waals surface area contributed by atoms with Crippen molar-refractivity contribution >= 4 is 60.3 Å². The number of hydrogen-bond acceptors (Lipinski definition) is 16. The average molecular weight is 731 g/mol. The van der Waals surface area contributed by atoms with Crippen molar-refractivity contribution in [1.29, 1.82) is 0 Å². The van der Waals surface area contributed by atoms with Crippen molar-refractivity contribution in [2.45, 2.75) is 49.2 Å². The first-order chi connectivity index (χ1) is 23.1. The van der Waals surface area contributed by atoms with Gasteiger partial charge in [0.1, 0.15) is 37.1 Å². The number of alkyl halides is 2. The summed E-state index contributed by atoms with van der Waals surface area (Å²) in [6.45, 7) is -5.09. The van der Waals surface area contributed by atoms with Crippen LogP contribution in [0.3, 0.4) is 0 Å². The van der Waals surface area contributed by atoms with Gasteiger partial charge in [0, 0.05) is 13.1 Å². The fourth-order valence-corrected chi connectivity index (χ4v) is 8.27. The van der Waals surface area contributed by atoms with E-state index in [0.29, 0.717) is 30.2 Å². The highest BCUT2D eigenvalue weighted by Gasteiger charge is 2.54. The molecule has 4 aromatic heterocycles. The molecule has 19 nitrogen and oxygen atoms in total. The van der Waals surface area contributed by atoms with E-state index in [1.54, 1.807) is 0 Å². The smallest absolute Gasteiger partial charge is 0.365 e. The van der Waals surface area contributed by atoms with Crippen LogP contribution in [-0.4, -0.2) is 112 Å². The first-order valence-corrected chi connectivity index (χ1v) is 18.6. The van der Waals surface area contributed by atoms with Gasteiger partial charge in [-0.15, -0.1) is 0 Å². The first kappa shape index (κ1) is 32.1. The van der Waals surface area contributed by atoms with Crippen LogP contribution in [0.2, 0.25) is 0 Å². The van der Waals surface area contributed by atoms with Crippen LogP contribution in [0.5, 0.6) is 0 Å². The van der Waals surface area contributed by atoms with Crippen molar-refractivity contribution in [3.8, 4) is 0 Å². The highest BCUT2D eigenvalue weighted by Crippen LogP contribution is 2.54. The van der Waals surface area contributed by atoms with Crippen LogP contribution in [0, 0.1) is 0 Å². The molecule has 5 aliphatic rings. The molecule has 0 amide bonds. The van der Waals surface area contributed by atoms with Gasteiger partial charge in [0.05, 0.1) is 25.9 Å². The van der Waals surface area contributed by atoms with Gasteiger partial charge in [-0.1, -0.05) is 12.2 Å². The van der Waals surface area contributed by atoms with Crippen LogP contribution in [0.25, 0.3) is 22.3 Å². The maximum Gasteiger partial charge on any atom is 0.472 e. The van der Waals surface area contributed by atoms with E-state index in [-0.39, 0.29) is 16.8 Å². The van der Waals surface area contributed by atoms with Crippen molar-refractivity contribution in [2.24, 2.45) is 0 Å². The third-order valence-electron chi connectivity index (χ3n) is 8.05. The lowest BCUT2D eigenvalue weighted by molar-refractivity contribution is -0.0623. The number of fused-ring (bicyclic) bond motifs is 10. The summed E-state index contributed by atoms with van der Waals surface area (Å²) < 4.78 is 81.4. The molecule has 5 aliphatic heterocycles. The van der Waals surface area contributed by atoms with E-state index in [0.717, 1.165) is 0 Å². The molecule has 4 aromatic rings. The SMILES string of the molecule is O=P1(O)OCC2O[C@@H]3[C@H](F)[C@@H]2OP(O)(=S)OC[C@H]2OC([C@H](F)[C@@H]2O1)n1cnc2c(ncnc21)NC/C=C/CNc1ncnc2c1ncn23. The Labute approximate surface area is 273 Å². The van der Waals surface area contributed by atoms with E-state index in [1.165, 1.54) is 34.4 Å². The van der Waals surface area contributed by atoms with Gasteiger partial charge in [0.25, 0.3) is 0 Å². The van der Waals surface area contributed by atoms with Crippen LogP contribution in [-0.2, 0) is 43.9 Å². The van der Waals surface area contributed by atoms with Crippen LogP contribution in [0.4, 0.5) is 20.4 Å². The summed E-state index contributed by atoms with van der Waals surface area (Å²) in [7, 11) is -5.07. The summed E-state index contributed by atoms with van der Waals surface area (Å²) in [5.74, 6) is 0.703. The third-order valence-corrected chi connectivity index (χ3v) is 10.6. The standard InChI is InChI=1S/C24H26F2N10O9P2S/c25-13-17-12-6-41-47(39,48)45-18-11(5-40-46(37,38)44-17)42-24(14(18)26)36-10-34-16-20(30-8-32-22(16)36)28-4-2-1-3-27-19-15-21(31-7-29-19)35(9-33-15)23(13)43-12/h1-2,7-14,17-18,23-24H,3-6H2,(H,37,38)(H,39,48)(H,27,29,31)(H,28,30,32)/b2-1+/t11?,12-,13-,14-,17-,18-,23?,24-,47?/m1/s1. The second-order valence-electron chi connectivity index (χ2n) is 11.0. The number of hydrogen-bond donors (Lipinski definition) is 4. The largest absolute Gasteiger partial charge is 0.472 e. The van der Waals surface area contributed by atoms with Gasteiger partial charge in [-0.25, -0.2) is 43.2 Å². The lowest BCUT2D eigenvalue weighted by Crippen LogP contribution is -2.37. The normalized spacial score (nSPS) is 38.0. The number of halogens is 2. The second kappa shape index (κ2) is 12.3. The molecule has 9 rings (SSSR count). The number of ether oxygens (including phenoxy) is 2. The molecule has 3 saturated heterocycles. The fourth-order valence-electron chi connectivity index (χ4n) is 5.87. The molecule has 256 valence electrons. The van der Waals surface area contributed by atoms with Gasteiger partial charge in [0.15, 0.2) is 58.8 Å². The third kappa shape index (κ3) is 5.79. The zero-order valence-corrected chi connectivity index (χ0v) is 26.9. The Balaban J connectivity index is 1.21. The van der Waals surface area contributed by atoms with Gasteiger partial charge < -0.3 is 34.4 Å². The minimum atomic E-state index is -5.07. The summed E-state index contributed by atoms with van der Waals surface area (Å²) in [4.78, 5) is 47.3. The van der Waals surface area contributed by atoms with Crippen LogP contribution < -0.4 is 10.6 Å². The van der Waals surface area contributed by atoms with Crippen LogP contribution in [0.1, 0.15) is 12.5 Å². The lowest BCUT2D eigenvalue weighted by Gasteiger charge is -2.28. The van der Waals surface area contributed by atoms with Crippen LogP contribution >= 0.6 is 14.5 Å². The molecule has 0 saturated carbocycles. The number of nitrogens with one attached hydrogen (secondary N) is 2. The Morgan fingerprint density at radius 2 is 1.27 bits per heavy atom. The van der Waals surface area contributed by atoms with E-state index in [4.69, 9.17) is 39.4 Å². The minimum Gasteiger partial charge on any atom is -0.365 e. The molecule has 24 heteroatoms. The summed E-state index contributed by atoms with van der Waals surface area (Å²) >= 11 is 5.19. The van der Waals surface area contributed by atoms with Gasteiger partial charge in [-0.05, 0) is 11.8 Å². The minimum absolute atomic E-state index is 0.179. The topological polar surface area (TPSA) is 224 Å². The maximum atomic E-state index is 16.2. The second-order valence-corrected chi connectivity index (χ2v) is 15.2. The number of aromatic nitrogens is 8. The van der Waals surface area contributed by atoms with Gasteiger partial charge in [-0.3, -0.25) is 22.7 Å². The predicted octanol–water partition coefficient (Wildman–Crippen LogP) is 1.67. The molecular weight excluding hydrogens is 704 g/mol. The van der Waals surface area contributed by atoms with Crippen molar-refractivity contribution < 1.29 is 50.7 Å². The van der Waals surface area contributed by atoms with Crippen molar-refractivity contribution in [1.82, 2.24) is 39.0 Å². The Morgan fingerprint density at radius 3 is 1.81 bits per heavy atom. The Morgan fingerprint density at radius 1 is 0.771 bits per heavy atom. The van der Waals surface area contributed by atoms with Crippen molar-refractivity contribution in [3.63, 3.8) is 0 Å². The molecule has 14 bridgehead atoms. The molecule has 4 N–H and O–H groups in total. The molecule has 3 fully saturated rings. The maximum absolute atomic E-state index is 16.2. The van der Waals surface area contributed by atoms with E-state index in [9.17, 15) is 14.4 Å². The number of rotatable bonds is 0. The van der Waals surface area contributed by atoms with E-state index >= 15 is 8.78 Å². The molecule has 0 spiro atoms. The summed E-state index contributed by atoms with van der Waals surface area (Å²) in [5.41, 5.74) is 0.955. The molecule has 9 heterocycles. The highest BCUT2D eigenvalue weighted by atomic mass is 32.5. The zero-order chi connectivity index (χ0) is 33.2.